The summed E-state index contributed by atoms with van der Waals surface area (Å²) in [5.74, 6) is 0.616. The van der Waals surface area contributed by atoms with Gasteiger partial charge in [-0.2, -0.15) is 8.42 Å². The minimum absolute atomic E-state index is 0.111. The Kier molecular flexibility index (Phi) is 6.02. The summed E-state index contributed by atoms with van der Waals surface area (Å²) in [6.07, 6.45) is 0.000795. The molecule has 1 aliphatic heterocycles. The number of hydrogen-bond acceptors (Lipinski definition) is 4. The highest BCUT2D eigenvalue weighted by Crippen LogP contribution is 2.43. The Morgan fingerprint density at radius 2 is 1.70 bits per heavy atom. The highest BCUT2D eigenvalue weighted by Gasteiger charge is 2.29. The van der Waals surface area contributed by atoms with Gasteiger partial charge in [0.25, 0.3) is 10.1 Å². The molecule has 0 bridgehead atoms. The van der Waals surface area contributed by atoms with Gasteiger partial charge in [-0.1, -0.05) is 58.6 Å². The van der Waals surface area contributed by atoms with Crippen LogP contribution in [0.3, 0.4) is 0 Å². The van der Waals surface area contributed by atoms with E-state index in [1.807, 2.05) is 6.92 Å². The van der Waals surface area contributed by atoms with E-state index in [1.165, 1.54) is 12.1 Å². The number of fused-ring (bicyclic) bond motifs is 1. The lowest BCUT2D eigenvalue weighted by atomic mass is 10.0. The van der Waals surface area contributed by atoms with E-state index < -0.39 is 16.2 Å². The van der Waals surface area contributed by atoms with Crippen molar-refractivity contribution in [3.63, 3.8) is 0 Å². The van der Waals surface area contributed by atoms with E-state index in [4.69, 9.17) is 43.7 Å². The molecule has 4 rings (SSSR count). The van der Waals surface area contributed by atoms with Crippen LogP contribution < -0.4 is 4.74 Å². The lowest BCUT2D eigenvalue weighted by Gasteiger charge is -2.14. The Labute approximate surface area is 190 Å². The molecule has 0 spiro atoms. The monoisotopic (exact) mass is 482 g/mol. The molecule has 0 saturated carbocycles. The Morgan fingerprint density at radius 1 is 0.967 bits per heavy atom. The molecule has 3 aromatic rings. The van der Waals surface area contributed by atoms with E-state index in [-0.39, 0.29) is 11.5 Å². The fraction of sp³-hybridized carbons (Fsp3) is 0.182. The van der Waals surface area contributed by atoms with Crippen LogP contribution in [-0.2, 0) is 20.7 Å². The van der Waals surface area contributed by atoms with Crippen LogP contribution >= 0.6 is 34.8 Å². The van der Waals surface area contributed by atoms with Crippen LogP contribution in [0.25, 0.3) is 11.1 Å². The van der Waals surface area contributed by atoms with E-state index >= 15 is 0 Å². The Morgan fingerprint density at radius 3 is 2.40 bits per heavy atom. The lowest BCUT2D eigenvalue weighted by molar-refractivity contribution is 0.152. The van der Waals surface area contributed by atoms with Gasteiger partial charge in [-0.05, 0) is 43.3 Å². The minimum atomic E-state index is -3.88. The van der Waals surface area contributed by atoms with E-state index in [9.17, 15) is 8.42 Å². The smallest absolute Gasteiger partial charge is 0.297 e. The first-order chi connectivity index (χ1) is 14.2. The standard InChI is InChI=1S/C22H17Cl3O4S/c1-13-2-5-18(6-3-13)30(26,27)28-12-17-9-14-8-16(24)10-20(22(14)29-17)19-7-4-15(23)11-21(19)25/h2-8,10-11,17H,9,12H2,1H3. The van der Waals surface area contributed by atoms with Gasteiger partial charge in [0.1, 0.15) is 18.5 Å². The summed E-state index contributed by atoms with van der Waals surface area (Å²) in [7, 11) is -3.88. The number of aryl methyl sites for hydroxylation is 1. The van der Waals surface area contributed by atoms with E-state index in [0.29, 0.717) is 27.2 Å². The highest BCUT2D eigenvalue weighted by molar-refractivity contribution is 7.86. The van der Waals surface area contributed by atoms with Gasteiger partial charge in [-0.25, -0.2) is 0 Å². The molecule has 3 aromatic carbocycles. The maximum atomic E-state index is 12.5. The molecule has 30 heavy (non-hydrogen) atoms. The van der Waals surface area contributed by atoms with Crippen molar-refractivity contribution < 1.29 is 17.3 Å². The number of benzene rings is 3. The van der Waals surface area contributed by atoms with Gasteiger partial charge >= 0.3 is 0 Å². The first-order valence-electron chi connectivity index (χ1n) is 9.13. The molecule has 1 atom stereocenters. The number of ether oxygens (including phenoxy) is 1. The van der Waals surface area contributed by atoms with Crippen LogP contribution in [0.1, 0.15) is 11.1 Å². The lowest BCUT2D eigenvalue weighted by Crippen LogP contribution is -2.23. The van der Waals surface area contributed by atoms with Gasteiger partial charge in [0.15, 0.2) is 0 Å². The molecule has 8 heteroatoms. The van der Waals surface area contributed by atoms with Crippen LogP contribution in [0.5, 0.6) is 5.75 Å². The van der Waals surface area contributed by atoms with Crippen molar-refractivity contribution >= 4 is 44.9 Å². The summed E-state index contributed by atoms with van der Waals surface area (Å²) >= 11 is 18.7. The third-order valence-corrected chi connectivity index (χ3v) is 6.86. The molecule has 1 heterocycles. The third kappa shape index (κ3) is 4.46. The van der Waals surface area contributed by atoms with Crippen molar-refractivity contribution in [3.05, 3.63) is 80.8 Å². The summed E-state index contributed by atoms with van der Waals surface area (Å²) < 4.78 is 36.2. The number of rotatable bonds is 5. The quantitative estimate of drug-likeness (QED) is 0.398. The molecule has 0 N–H and O–H groups in total. The van der Waals surface area contributed by atoms with Crippen molar-refractivity contribution in [1.82, 2.24) is 0 Å². The van der Waals surface area contributed by atoms with E-state index in [2.05, 4.69) is 0 Å². The second-order valence-electron chi connectivity index (χ2n) is 7.06. The predicted molar refractivity (Wildman–Crippen MR) is 119 cm³/mol. The van der Waals surface area contributed by atoms with E-state index in [1.54, 1.807) is 42.5 Å². The fourth-order valence-corrected chi connectivity index (χ4v) is 5.02. The molecular formula is C22H17Cl3O4S. The Balaban J connectivity index is 1.55. The average Bonchev–Trinajstić information content (AvgIpc) is 3.09. The first kappa shape index (κ1) is 21.5. The molecule has 1 aliphatic rings. The molecule has 0 saturated heterocycles. The molecule has 0 radical (unpaired) electrons. The van der Waals surface area contributed by atoms with Gasteiger partial charge in [-0.15, -0.1) is 0 Å². The molecule has 0 aliphatic carbocycles. The Hall–Kier alpha value is -1.76. The molecular weight excluding hydrogens is 467 g/mol. The second-order valence-corrected chi connectivity index (χ2v) is 9.96. The van der Waals surface area contributed by atoms with Crippen LogP contribution in [0, 0.1) is 6.92 Å². The second kappa shape index (κ2) is 8.40. The predicted octanol–water partition coefficient (Wildman–Crippen LogP) is 6.33. The maximum Gasteiger partial charge on any atom is 0.297 e. The topological polar surface area (TPSA) is 52.6 Å². The molecule has 156 valence electrons. The molecule has 4 nitrogen and oxygen atoms in total. The van der Waals surface area contributed by atoms with Crippen LogP contribution in [0.4, 0.5) is 0 Å². The van der Waals surface area contributed by atoms with Gasteiger partial charge < -0.3 is 4.74 Å². The molecule has 0 aromatic heterocycles. The summed E-state index contributed by atoms with van der Waals surface area (Å²) in [4.78, 5) is 0.111. The summed E-state index contributed by atoms with van der Waals surface area (Å²) in [5.41, 5.74) is 3.29. The number of halogens is 3. The average molecular weight is 484 g/mol. The van der Waals surface area contributed by atoms with Crippen LogP contribution in [0.2, 0.25) is 15.1 Å². The van der Waals surface area contributed by atoms with Gasteiger partial charge in [-0.3, -0.25) is 4.18 Å². The van der Waals surface area contributed by atoms with Crippen molar-refractivity contribution in [2.24, 2.45) is 0 Å². The maximum absolute atomic E-state index is 12.5. The van der Waals surface area contributed by atoms with Gasteiger partial charge in [0, 0.05) is 33.2 Å². The minimum Gasteiger partial charge on any atom is -0.487 e. The summed E-state index contributed by atoms with van der Waals surface area (Å²) in [6, 6.07) is 15.2. The SMILES string of the molecule is Cc1ccc(S(=O)(=O)OCC2Cc3cc(Cl)cc(-c4ccc(Cl)cc4Cl)c3O2)cc1. The van der Waals surface area contributed by atoms with Crippen LogP contribution in [-0.4, -0.2) is 21.1 Å². The van der Waals surface area contributed by atoms with Gasteiger partial charge in [0.05, 0.1) is 9.92 Å². The first-order valence-corrected chi connectivity index (χ1v) is 11.7. The van der Waals surface area contributed by atoms with Gasteiger partial charge in [0.2, 0.25) is 0 Å². The zero-order valence-corrected chi connectivity index (χ0v) is 18.9. The molecule has 0 fully saturated rings. The molecule has 1 unspecified atom stereocenters. The normalized spacial score (nSPS) is 15.7. The summed E-state index contributed by atoms with van der Waals surface area (Å²) in [5, 5.41) is 1.53. The fourth-order valence-electron chi connectivity index (χ4n) is 3.33. The van der Waals surface area contributed by atoms with Crippen molar-refractivity contribution in [1.29, 1.82) is 0 Å². The zero-order valence-electron chi connectivity index (χ0n) is 15.9. The molecule has 0 amide bonds. The largest absolute Gasteiger partial charge is 0.487 e. The number of hydrogen-bond donors (Lipinski definition) is 0. The highest BCUT2D eigenvalue weighted by atomic mass is 35.5. The zero-order chi connectivity index (χ0) is 21.5. The van der Waals surface area contributed by atoms with Crippen LogP contribution in [0.15, 0.2) is 59.5 Å². The van der Waals surface area contributed by atoms with Crippen molar-refractivity contribution in [2.45, 2.75) is 24.3 Å². The Bertz CT molecular complexity index is 1210. The summed E-state index contributed by atoms with van der Waals surface area (Å²) in [6.45, 7) is 1.77. The van der Waals surface area contributed by atoms with E-state index in [0.717, 1.165) is 22.3 Å². The van der Waals surface area contributed by atoms with Crippen molar-refractivity contribution in [2.75, 3.05) is 6.61 Å². The third-order valence-electron chi connectivity index (χ3n) is 4.80. The van der Waals surface area contributed by atoms with Crippen molar-refractivity contribution in [3.8, 4) is 16.9 Å².